The fourth-order valence-corrected chi connectivity index (χ4v) is 4.05. The van der Waals surface area contributed by atoms with Gasteiger partial charge in [-0.2, -0.15) is 9.72 Å². The Hall–Kier alpha value is -3.60. The van der Waals surface area contributed by atoms with E-state index in [4.69, 9.17) is 4.84 Å². The number of hydroxylamine groups is 2. The van der Waals surface area contributed by atoms with E-state index in [1.807, 2.05) is 37.3 Å². The fourth-order valence-electron chi connectivity index (χ4n) is 4.05. The average molecular weight is 505 g/mol. The fraction of sp³-hybridized carbons (Fsp3) is 0.440. The van der Waals surface area contributed by atoms with Crippen LogP contribution >= 0.6 is 0 Å². The molecule has 0 radical (unpaired) electrons. The Morgan fingerprint density at radius 3 is 2.69 bits per heavy atom. The number of halogens is 2. The monoisotopic (exact) mass is 504 g/mol. The van der Waals surface area contributed by atoms with Crippen LogP contribution in [0.3, 0.4) is 0 Å². The largest absolute Gasteiger partial charge is 0.427 e. The number of carbonyl (C=O) groups is 3. The summed E-state index contributed by atoms with van der Waals surface area (Å²) in [7, 11) is 0. The van der Waals surface area contributed by atoms with Crippen molar-refractivity contribution in [3.8, 4) is 0 Å². The van der Waals surface area contributed by atoms with Crippen molar-refractivity contribution < 1.29 is 33.2 Å². The van der Waals surface area contributed by atoms with Gasteiger partial charge in [0.15, 0.2) is 5.49 Å². The smallest absolute Gasteiger partial charge is 0.270 e. The second-order valence-corrected chi connectivity index (χ2v) is 8.64. The van der Waals surface area contributed by atoms with E-state index in [0.29, 0.717) is 24.0 Å². The van der Waals surface area contributed by atoms with Gasteiger partial charge < -0.3 is 10.1 Å². The second-order valence-electron chi connectivity index (χ2n) is 8.64. The molecule has 1 aliphatic heterocycles. The summed E-state index contributed by atoms with van der Waals surface area (Å²) in [6.07, 6.45) is 1.42. The molecule has 2 heterocycles. The molecule has 3 amide bonds. The van der Waals surface area contributed by atoms with Crippen molar-refractivity contribution >= 4 is 18.2 Å². The number of pyridine rings is 1. The van der Waals surface area contributed by atoms with Crippen molar-refractivity contribution in [2.45, 2.75) is 51.4 Å². The summed E-state index contributed by atoms with van der Waals surface area (Å²) < 4.78 is 28.0. The number of hydrogen-bond donors (Lipinski definition) is 1. The van der Waals surface area contributed by atoms with Crippen LogP contribution in [0.1, 0.15) is 38.2 Å². The second kappa shape index (κ2) is 12.9. The van der Waals surface area contributed by atoms with Gasteiger partial charge in [0.05, 0.1) is 25.2 Å². The van der Waals surface area contributed by atoms with Gasteiger partial charge in [0.1, 0.15) is 24.6 Å². The molecule has 0 bridgehead atoms. The molecule has 3 atom stereocenters. The maximum absolute atomic E-state index is 14.4. The molecule has 11 heteroatoms. The Bertz CT molecular complexity index is 1110. The molecule has 1 N–H and O–H groups in total. The highest BCUT2D eigenvalue weighted by Gasteiger charge is 2.42. The number of rotatable bonds is 11. The number of amides is 3. The summed E-state index contributed by atoms with van der Waals surface area (Å²) in [4.78, 5) is 48.5. The Kier molecular flexibility index (Phi) is 9.69. The molecule has 36 heavy (non-hydrogen) atoms. The topological polar surface area (TPSA) is 104 Å². The normalized spacial score (nSPS) is 18.8. The zero-order valence-corrected chi connectivity index (χ0v) is 20.0. The van der Waals surface area contributed by atoms with Crippen LogP contribution in [-0.4, -0.2) is 63.4 Å². The number of aromatic nitrogens is 1. The average Bonchev–Trinajstić information content (AvgIpc) is 3.27. The third-order valence-electron chi connectivity index (χ3n) is 5.93. The number of benzene rings is 1. The zero-order chi connectivity index (χ0) is 26.1. The Labute approximate surface area is 207 Å². The first kappa shape index (κ1) is 27.0. The lowest BCUT2D eigenvalue weighted by molar-refractivity contribution is -0.183. The Balaban J connectivity index is 1.76. The number of alkyl halides is 1. The summed E-state index contributed by atoms with van der Waals surface area (Å²) in [6.45, 7) is 1.73. The molecule has 3 rings (SSSR count). The van der Waals surface area contributed by atoms with Crippen molar-refractivity contribution in [2.24, 2.45) is 10.9 Å². The van der Waals surface area contributed by atoms with Gasteiger partial charge in [-0.15, -0.1) is 0 Å². The predicted octanol–water partition coefficient (Wildman–Crippen LogP) is 2.63. The number of likely N-dealkylation sites (tertiary alicyclic amines) is 1. The summed E-state index contributed by atoms with van der Waals surface area (Å²) >= 11 is 0. The van der Waals surface area contributed by atoms with Gasteiger partial charge in [0.2, 0.25) is 12.3 Å². The number of carbonyl (C=O) groups excluding carboxylic acids is 3. The lowest BCUT2D eigenvalue weighted by atomic mass is 9.99. The summed E-state index contributed by atoms with van der Waals surface area (Å²) in [6, 6.07) is 10.1. The van der Waals surface area contributed by atoms with Gasteiger partial charge >= 0.3 is 0 Å². The molecule has 194 valence electrons. The molecule has 1 fully saturated rings. The van der Waals surface area contributed by atoms with Gasteiger partial charge in [0.25, 0.3) is 5.91 Å². The van der Waals surface area contributed by atoms with E-state index in [0.717, 1.165) is 40.3 Å². The van der Waals surface area contributed by atoms with Gasteiger partial charge in [-0.05, 0) is 24.1 Å². The molecule has 1 unspecified atom stereocenters. The van der Waals surface area contributed by atoms with Gasteiger partial charge in [-0.3, -0.25) is 19.2 Å². The van der Waals surface area contributed by atoms with E-state index in [1.54, 1.807) is 0 Å². The first-order valence-electron chi connectivity index (χ1n) is 11.8. The maximum Gasteiger partial charge on any atom is 0.270 e. The summed E-state index contributed by atoms with van der Waals surface area (Å²) in [5, 5.41) is 10.8. The Morgan fingerprint density at radius 2 is 2.03 bits per heavy atom. The number of unbranched alkanes of at least 4 members (excludes halogenated alkanes) is 1. The van der Waals surface area contributed by atoms with E-state index >= 15 is 0 Å². The molecule has 2 aromatic rings. The van der Waals surface area contributed by atoms with Crippen LogP contribution in [0, 0.1) is 11.7 Å². The lowest BCUT2D eigenvalue weighted by Crippen LogP contribution is -2.46. The number of nitrogens with zero attached hydrogens (tertiary/aromatic N) is 4. The van der Waals surface area contributed by atoms with Crippen molar-refractivity contribution in [1.29, 1.82) is 0 Å². The number of hydrogen-bond acceptors (Lipinski definition) is 5. The van der Waals surface area contributed by atoms with Crippen LogP contribution < -0.4 is 5.49 Å². The van der Waals surface area contributed by atoms with Crippen molar-refractivity contribution in [2.75, 3.05) is 13.1 Å². The summed E-state index contributed by atoms with van der Waals surface area (Å²) in [5.41, 5.74) is 0.592. The Morgan fingerprint density at radius 1 is 1.28 bits per heavy atom. The van der Waals surface area contributed by atoms with E-state index in [-0.39, 0.29) is 31.6 Å². The zero-order valence-electron chi connectivity index (χ0n) is 20.0. The first-order valence-corrected chi connectivity index (χ1v) is 11.8. The highest BCUT2D eigenvalue weighted by molar-refractivity contribution is 5.90. The molecular weight excluding hydrogens is 474 g/mol. The minimum absolute atomic E-state index is 0.0602. The molecule has 0 spiro atoms. The third-order valence-corrected chi connectivity index (χ3v) is 5.93. The maximum atomic E-state index is 14.4. The SMILES string of the molecule is CCCC[C@H](CN(C=O)OCc1ccccc1)C(=O)N1C[C@H](F)CC1C(=O)N=c1ccc(F)cn1O. The van der Waals surface area contributed by atoms with Crippen LogP contribution in [0.2, 0.25) is 0 Å². The minimum atomic E-state index is -1.43. The minimum Gasteiger partial charge on any atom is -0.427 e. The molecule has 1 aliphatic rings. The standard InChI is InChI=1S/C25H30F2N4O5/c1-2-3-9-19(13-29(17-32)36-16-18-7-5-4-6-8-18)25(34)30-14-21(27)12-22(30)24(33)28-23-11-10-20(26)15-31(23)35/h4-8,10-11,15,17,19,21-22,35H,2-3,9,12-14,16H2,1H3/t19-,21-,22?/m1/s1. The van der Waals surface area contributed by atoms with Crippen molar-refractivity contribution in [1.82, 2.24) is 14.7 Å². The first-order chi connectivity index (χ1) is 17.3. The summed E-state index contributed by atoms with van der Waals surface area (Å²) in [5.74, 6) is -2.78. The van der Waals surface area contributed by atoms with E-state index in [1.165, 1.54) is 0 Å². The molecule has 9 nitrogen and oxygen atoms in total. The van der Waals surface area contributed by atoms with Crippen LogP contribution in [0.4, 0.5) is 8.78 Å². The molecule has 1 saturated heterocycles. The van der Waals surface area contributed by atoms with Gasteiger partial charge in [-0.1, -0.05) is 50.1 Å². The van der Waals surface area contributed by atoms with Crippen molar-refractivity contribution in [3.05, 3.63) is 65.5 Å². The van der Waals surface area contributed by atoms with E-state index in [2.05, 4.69) is 4.99 Å². The third kappa shape index (κ3) is 7.20. The molecule has 0 aliphatic carbocycles. The molecule has 1 aromatic heterocycles. The molecule has 1 aromatic carbocycles. The molecular formula is C25H30F2N4O5. The van der Waals surface area contributed by atoms with E-state index in [9.17, 15) is 28.4 Å². The van der Waals surface area contributed by atoms with Crippen LogP contribution in [0.15, 0.2) is 53.7 Å². The lowest BCUT2D eigenvalue weighted by Gasteiger charge is -2.29. The van der Waals surface area contributed by atoms with Crippen molar-refractivity contribution in [3.63, 3.8) is 0 Å². The van der Waals surface area contributed by atoms with Crippen LogP contribution in [0.5, 0.6) is 0 Å². The van der Waals surface area contributed by atoms with Crippen LogP contribution in [-0.2, 0) is 25.8 Å². The predicted molar refractivity (Wildman–Crippen MR) is 124 cm³/mol. The molecule has 0 saturated carbocycles. The highest BCUT2D eigenvalue weighted by atomic mass is 19.1. The van der Waals surface area contributed by atoms with Gasteiger partial charge in [0, 0.05) is 6.42 Å². The quantitative estimate of drug-likeness (QED) is 0.288. The van der Waals surface area contributed by atoms with Gasteiger partial charge in [-0.25, -0.2) is 13.8 Å². The highest BCUT2D eigenvalue weighted by Crippen LogP contribution is 2.26. The van der Waals surface area contributed by atoms with Crippen LogP contribution in [0.25, 0.3) is 0 Å². The van der Waals surface area contributed by atoms with E-state index < -0.39 is 35.8 Å².